The van der Waals surface area contributed by atoms with Gasteiger partial charge in [0.2, 0.25) is 5.78 Å². The van der Waals surface area contributed by atoms with E-state index in [0.717, 1.165) is 17.1 Å². The van der Waals surface area contributed by atoms with E-state index in [9.17, 15) is 9.59 Å². The average Bonchev–Trinajstić information content (AvgIpc) is 3.23. The Hall–Kier alpha value is -3.33. The van der Waals surface area contributed by atoms with E-state index < -0.39 is 5.69 Å². The number of hydrogen-bond donors (Lipinski definition) is 0. The van der Waals surface area contributed by atoms with E-state index in [0.29, 0.717) is 30.2 Å². The normalized spacial score (nSPS) is 11.6. The topological polar surface area (TPSA) is 84.7 Å². The smallest absolute Gasteiger partial charge is 0.332 e. The van der Waals surface area contributed by atoms with Gasteiger partial charge in [-0.05, 0) is 26.0 Å². The molecule has 0 atom stereocenters. The summed E-state index contributed by atoms with van der Waals surface area (Å²) in [6, 6.07) is 7.59. The van der Waals surface area contributed by atoms with E-state index in [1.807, 2.05) is 48.9 Å². The lowest BCUT2D eigenvalue weighted by atomic mass is 10.3. The standard InChI is InChI=1S/C20H23N5O4/c1-5-29-10-9-23-18(26)16-17(22(3)20(23)27)21-19-24(16)12-13(2)25(19)14-7-6-8-15(11-14)28-4/h6-8,11-12H,5,9-10H2,1-4H3. The third kappa shape index (κ3) is 2.94. The Morgan fingerprint density at radius 1 is 1.21 bits per heavy atom. The molecule has 0 spiro atoms. The van der Waals surface area contributed by atoms with Crippen LogP contribution in [0.15, 0.2) is 40.1 Å². The van der Waals surface area contributed by atoms with Gasteiger partial charge in [0.25, 0.3) is 5.56 Å². The predicted molar refractivity (Wildman–Crippen MR) is 109 cm³/mol. The minimum absolute atomic E-state index is 0.193. The molecule has 0 amide bonds. The molecule has 0 saturated carbocycles. The van der Waals surface area contributed by atoms with Gasteiger partial charge in [-0.3, -0.25) is 22.9 Å². The summed E-state index contributed by atoms with van der Waals surface area (Å²) < 4.78 is 16.9. The second kappa shape index (κ2) is 7.25. The van der Waals surface area contributed by atoms with Gasteiger partial charge in [-0.15, -0.1) is 0 Å². The zero-order valence-corrected chi connectivity index (χ0v) is 16.9. The van der Waals surface area contributed by atoms with Crippen molar-refractivity contribution in [1.29, 1.82) is 0 Å². The van der Waals surface area contributed by atoms with E-state index in [-0.39, 0.29) is 12.1 Å². The molecule has 0 fully saturated rings. The number of benzene rings is 1. The van der Waals surface area contributed by atoms with Gasteiger partial charge in [0.05, 0.1) is 25.9 Å². The molecule has 3 heterocycles. The molecule has 0 aliphatic heterocycles. The Morgan fingerprint density at radius 3 is 2.72 bits per heavy atom. The first-order chi connectivity index (χ1) is 14.0. The molecule has 0 radical (unpaired) electrons. The van der Waals surface area contributed by atoms with Gasteiger partial charge in [-0.1, -0.05) is 6.07 Å². The lowest BCUT2D eigenvalue weighted by Gasteiger charge is -2.08. The predicted octanol–water partition coefficient (Wildman–Crippen LogP) is 1.49. The van der Waals surface area contributed by atoms with Crippen LogP contribution in [0.4, 0.5) is 0 Å². The first-order valence-corrected chi connectivity index (χ1v) is 9.40. The molecule has 3 aromatic heterocycles. The van der Waals surface area contributed by atoms with Crippen molar-refractivity contribution < 1.29 is 9.47 Å². The van der Waals surface area contributed by atoms with Crippen LogP contribution >= 0.6 is 0 Å². The molecule has 152 valence electrons. The van der Waals surface area contributed by atoms with Crippen LogP contribution in [-0.2, 0) is 18.3 Å². The van der Waals surface area contributed by atoms with E-state index in [4.69, 9.17) is 9.47 Å². The number of imidazole rings is 2. The second-order valence-corrected chi connectivity index (χ2v) is 6.76. The molecule has 4 rings (SSSR count). The number of methoxy groups -OCH3 is 1. The summed E-state index contributed by atoms with van der Waals surface area (Å²) in [5, 5.41) is 0. The maximum atomic E-state index is 13.1. The molecule has 0 N–H and O–H groups in total. The highest BCUT2D eigenvalue weighted by molar-refractivity contribution is 5.76. The first-order valence-electron chi connectivity index (χ1n) is 9.40. The molecule has 1 aromatic carbocycles. The van der Waals surface area contributed by atoms with Crippen molar-refractivity contribution in [3.05, 3.63) is 57.0 Å². The monoisotopic (exact) mass is 397 g/mol. The van der Waals surface area contributed by atoms with Gasteiger partial charge in [0.1, 0.15) is 5.75 Å². The first kappa shape index (κ1) is 19.0. The molecule has 0 aliphatic carbocycles. The number of rotatable bonds is 6. The molecule has 0 aliphatic rings. The van der Waals surface area contributed by atoms with Crippen LogP contribution in [0, 0.1) is 6.92 Å². The molecule has 9 heteroatoms. The summed E-state index contributed by atoms with van der Waals surface area (Å²) >= 11 is 0. The number of hydrogen-bond acceptors (Lipinski definition) is 5. The fraction of sp³-hybridized carbons (Fsp3) is 0.350. The zero-order valence-electron chi connectivity index (χ0n) is 16.9. The van der Waals surface area contributed by atoms with E-state index in [2.05, 4.69) is 4.98 Å². The second-order valence-electron chi connectivity index (χ2n) is 6.76. The van der Waals surface area contributed by atoms with Crippen molar-refractivity contribution >= 4 is 16.9 Å². The number of aryl methyl sites for hydroxylation is 2. The van der Waals surface area contributed by atoms with Gasteiger partial charge in [-0.2, -0.15) is 4.98 Å². The molecule has 0 saturated heterocycles. The summed E-state index contributed by atoms with van der Waals surface area (Å²) in [5.41, 5.74) is 1.68. The van der Waals surface area contributed by atoms with Crippen LogP contribution in [-0.4, -0.2) is 43.4 Å². The molecule has 0 unspecified atom stereocenters. The molecular weight excluding hydrogens is 374 g/mol. The van der Waals surface area contributed by atoms with E-state index in [1.54, 1.807) is 18.6 Å². The van der Waals surface area contributed by atoms with Crippen LogP contribution in [0.5, 0.6) is 5.75 Å². The Labute approximate surface area is 166 Å². The number of ether oxygens (including phenoxy) is 2. The summed E-state index contributed by atoms with van der Waals surface area (Å²) in [4.78, 5) is 30.5. The summed E-state index contributed by atoms with van der Waals surface area (Å²) in [5.74, 6) is 1.27. The third-order valence-corrected chi connectivity index (χ3v) is 5.00. The molecule has 9 nitrogen and oxygen atoms in total. The zero-order chi connectivity index (χ0) is 20.7. The van der Waals surface area contributed by atoms with E-state index in [1.165, 1.54) is 9.13 Å². The van der Waals surface area contributed by atoms with Gasteiger partial charge < -0.3 is 9.47 Å². The highest BCUT2D eigenvalue weighted by Gasteiger charge is 2.20. The molecular formula is C20H23N5O4. The number of nitrogens with zero attached hydrogens (tertiary/aromatic N) is 5. The van der Waals surface area contributed by atoms with Crippen molar-refractivity contribution in [2.24, 2.45) is 7.05 Å². The highest BCUT2D eigenvalue weighted by atomic mass is 16.5. The number of fused-ring (bicyclic) bond motifs is 3. The van der Waals surface area contributed by atoms with Crippen molar-refractivity contribution in [2.75, 3.05) is 20.3 Å². The van der Waals surface area contributed by atoms with Gasteiger partial charge in [0, 0.05) is 31.6 Å². The van der Waals surface area contributed by atoms with E-state index >= 15 is 0 Å². The average molecular weight is 397 g/mol. The fourth-order valence-electron chi connectivity index (χ4n) is 3.58. The van der Waals surface area contributed by atoms with Crippen LogP contribution in [0.2, 0.25) is 0 Å². The summed E-state index contributed by atoms with van der Waals surface area (Å²) in [6.07, 6.45) is 1.85. The van der Waals surface area contributed by atoms with Crippen LogP contribution < -0.4 is 16.0 Å². The summed E-state index contributed by atoms with van der Waals surface area (Å²) in [6.45, 7) is 4.82. The summed E-state index contributed by atoms with van der Waals surface area (Å²) in [7, 11) is 3.23. The minimum atomic E-state index is -0.410. The minimum Gasteiger partial charge on any atom is -0.497 e. The fourth-order valence-corrected chi connectivity index (χ4v) is 3.58. The highest BCUT2D eigenvalue weighted by Crippen LogP contribution is 2.23. The van der Waals surface area contributed by atoms with Crippen LogP contribution in [0.25, 0.3) is 22.6 Å². The van der Waals surface area contributed by atoms with Crippen molar-refractivity contribution in [3.8, 4) is 11.4 Å². The van der Waals surface area contributed by atoms with Crippen molar-refractivity contribution in [1.82, 2.24) is 23.1 Å². The van der Waals surface area contributed by atoms with Gasteiger partial charge in [-0.25, -0.2) is 4.79 Å². The Morgan fingerprint density at radius 2 is 2.00 bits per heavy atom. The maximum absolute atomic E-state index is 13.1. The molecule has 4 aromatic rings. The lowest BCUT2D eigenvalue weighted by Crippen LogP contribution is -2.40. The third-order valence-electron chi connectivity index (χ3n) is 5.00. The number of aromatic nitrogens is 5. The van der Waals surface area contributed by atoms with Crippen LogP contribution in [0.1, 0.15) is 12.6 Å². The van der Waals surface area contributed by atoms with Crippen molar-refractivity contribution in [2.45, 2.75) is 20.4 Å². The van der Waals surface area contributed by atoms with Gasteiger partial charge in [0.15, 0.2) is 11.2 Å². The maximum Gasteiger partial charge on any atom is 0.332 e. The largest absolute Gasteiger partial charge is 0.497 e. The van der Waals surface area contributed by atoms with Gasteiger partial charge >= 0.3 is 5.69 Å². The SMILES string of the molecule is CCOCCn1c(=O)c2c(nc3n(-c4cccc(OC)c4)c(C)cn23)n(C)c1=O. The van der Waals surface area contributed by atoms with Crippen molar-refractivity contribution in [3.63, 3.8) is 0 Å². The quantitative estimate of drug-likeness (QED) is 0.460. The van der Waals surface area contributed by atoms with Crippen LogP contribution in [0.3, 0.4) is 0 Å². The lowest BCUT2D eigenvalue weighted by molar-refractivity contribution is 0.137. The Balaban J connectivity index is 2.00. The molecule has 0 bridgehead atoms. The Bertz CT molecular complexity index is 1320. The Kier molecular flexibility index (Phi) is 4.75. The molecule has 29 heavy (non-hydrogen) atoms.